The molecule has 0 spiro atoms. The summed E-state index contributed by atoms with van der Waals surface area (Å²) in [6.45, 7) is 1.78. The molecule has 0 radical (unpaired) electrons. The SMILES string of the molecule is O=C(NC1CC1)[C@@H]1CCCN1Cc1csc(-c2ccsc2)n1. The lowest BCUT2D eigenvalue weighted by atomic mass is 10.2. The summed E-state index contributed by atoms with van der Waals surface area (Å²) in [4.78, 5) is 19.3. The standard InChI is InChI=1S/C16H19N3OS2/c20-15(17-12-3-4-12)14-2-1-6-19(14)8-13-10-22-16(18-13)11-5-7-21-9-11/h5,7,9-10,12,14H,1-4,6,8H2,(H,17,20)/t14-/m0/s1. The van der Waals surface area contributed by atoms with Crippen LogP contribution in [0.2, 0.25) is 0 Å². The van der Waals surface area contributed by atoms with Crippen LogP contribution in [0.4, 0.5) is 0 Å². The van der Waals surface area contributed by atoms with Crippen molar-refractivity contribution in [1.29, 1.82) is 0 Å². The van der Waals surface area contributed by atoms with Gasteiger partial charge in [-0.25, -0.2) is 4.98 Å². The molecular formula is C16H19N3OS2. The fourth-order valence-corrected chi connectivity index (χ4v) is 4.47. The van der Waals surface area contributed by atoms with Crippen LogP contribution in [0, 0.1) is 0 Å². The van der Waals surface area contributed by atoms with Gasteiger partial charge in [0.15, 0.2) is 0 Å². The summed E-state index contributed by atoms with van der Waals surface area (Å²) in [5.41, 5.74) is 2.28. The Morgan fingerprint density at radius 2 is 2.27 bits per heavy atom. The van der Waals surface area contributed by atoms with E-state index < -0.39 is 0 Å². The topological polar surface area (TPSA) is 45.2 Å². The number of thiophene rings is 1. The van der Waals surface area contributed by atoms with Crippen LogP contribution in [0.5, 0.6) is 0 Å². The summed E-state index contributed by atoms with van der Waals surface area (Å²) < 4.78 is 0. The van der Waals surface area contributed by atoms with Crippen molar-refractivity contribution < 1.29 is 4.79 Å². The second kappa shape index (κ2) is 6.10. The van der Waals surface area contributed by atoms with Crippen molar-refractivity contribution in [3.05, 3.63) is 27.9 Å². The molecule has 2 aromatic rings. The Labute approximate surface area is 138 Å². The monoisotopic (exact) mass is 333 g/mol. The second-order valence-corrected chi connectivity index (χ2v) is 7.71. The minimum Gasteiger partial charge on any atom is -0.352 e. The van der Waals surface area contributed by atoms with Crippen molar-refractivity contribution in [3.8, 4) is 10.6 Å². The molecule has 4 nitrogen and oxygen atoms in total. The number of rotatable bonds is 5. The second-order valence-electron chi connectivity index (χ2n) is 6.07. The highest BCUT2D eigenvalue weighted by atomic mass is 32.1. The van der Waals surface area contributed by atoms with Gasteiger partial charge in [0, 0.05) is 28.9 Å². The fraction of sp³-hybridized carbons (Fsp3) is 0.500. The number of hydrogen-bond acceptors (Lipinski definition) is 5. The van der Waals surface area contributed by atoms with Gasteiger partial charge in [-0.1, -0.05) is 0 Å². The molecule has 1 amide bonds. The molecule has 4 rings (SSSR count). The van der Waals surface area contributed by atoms with Gasteiger partial charge in [0.2, 0.25) is 5.91 Å². The molecule has 3 heterocycles. The number of hydrogen-bond donors (Lipinski definition) is 1. The van der Waals surface area contributed by atoms with Gasteiger partial charge >= 0.3 is 0 Å². The molecule has 2 aromatic heterocycles. The largest absolute Gasteiger partial charge is 0.352 e. The van der Waals surface area contributed by atoms with Crippen molar-refractivity contribution in [1.82, 2.24) is 15.2 Å². The molecule has 2 fully saturated rings. The van der Waals surface area contributed by atoms with E-state index in [2.05, 4.69) is 32.4 Å². The van der Waals surface area contributed by atoms with E-state index in [1.807, 2.05) is 0 Å². The van der Waals surface area contributed by atoms with E-state index in [-0.39, 0.29) is 11.9 Å². The number of thiazole rings is 1. The zero-order valence-corrected chi connectivity index (χ0v) is 14.0. The van der Waals surface area contributed by atoms with E-state index in [4.69, 9.17) is 4.98 Å². The van der Waals surface area contributed by atoms with Crippen LogP contribution in [-0.4, -0.2) is 34.4 Å². The van der Waals surface area contributed by atoms with Crippen molar-refractivity contribution >= 4 is 28.6 Å². The predicted molar refractivity (Wildman–Crippen MR) is 90.0 cm³/mol. The lowest BCUT2D eigenvalue weighted by Gasteiger charge is -2.22. The molecule has 0 unspecified atom stereocenters. The van der Waals surface area contributed by atoms with Crippen LogP contribution < -0.4 is 5.32 Å². The Morgan fingerprint density at radius 1 is 1.36 bits per heavy atom. The number of nitrogens with one attached hydrogen (secondary N) is 1. The zero-order valence-electron chi connectivity index (χ0n) is 12.3. The van der Waals surface area contributed by atoms with Gasteiger partial charge in [-0.05, 0) is 43.7 Å². The van der Waals surface area contributed by atoms with Gasteiger partial charge in [0.05, 0.1) is 11.7 Å². The van der Waals surface area contributed by atoms with Crippen molar-refractivity contribution in [3.63, 3.8) is 0 Å². The molecule has 1 atom stereocenters. The minimum atomic E-state index is 0.0342. The van der Waals surface area contributed by atoms with Gasteiger partial charge < -0.3 is 5.32 Å². The first-order valence-corrected chi connectivity index (χ1v) is 9.63. The van der Waals surface area contributed by atoms with Crippen LogP contribution >= 0.6 is 22.7 Å². The van der Waals surface area contributed by atoms with Gasteiger partial charge in [-0.15, -0.1) is 11.3 Å². The number of carbonyl (C=O) groups excluding carboxylic acids is 1. The third-order valence-electron chi connectivity index (χ3n) is 4.28. The zero-order chi connectivity index (χ0) is 14.9. The molecule has 116 valence electrons. The smallest absolute Gasteiger partial charge is 0.237 e. The average molecular weight is 333 g/mol. The van der Waals surface area contributed by atoms with E-state index in [1.165, 1.54) is 5.56 Å². The summed E-state index contributed by atoms with van der Waals surface area (Å²) >= 11 is 3.39. The van der Waals surface area contributed by atoms with E-state index in [1.54, 1.807) is 22.7 Å². The summed E-state index contributed by atoms with van der Waals surface area (Å²) in [6, 6.07) is 2.58. The van der Waals surface area contributed by atoms with Crippen LogP contribution in [0.15, 0.2) is 22.2 Å². The number of carbonyl (C=O) groups is 1. The Kier molecular flexibility index (Phi) is 3.98. The Balaban J connectivity index is 1.42. The Hall–Kier alpha value is -1.24. The third kappa shape index (κ3) is 3.09. The number of likely N-dealkylation sites (tertiary alicyclic amines) is 1. The van der Waals surface area contributed by atoms with Crippen molar-refractivity contribution in [2.45, 2.75) is 44.3 Å². The summed E-state index contributed by atoms with van der Waals surface area (Å²) in [5.74, 6) is 0.216. The average Bonchev–Trinajstić information content (AvgIpc) is 2.98. The fourth-order valence-electron chi connectivity index (χ4n) is 2.94. The predicted octanol–water partition coefficient (Wildman–Crippen LogP) is 3.11. The highest BCUT2D eigenvalue weighted by Crippen LogP contribution is 2.28. The van der Waals surface area contributed by atoms with Crippen LogP contribution in [0.3, 0.4) is 0 Å². The first-order chi connectivity index (χ1) is 10.8. The highest BCUT2D eigenvalue weighted by Gasteiger charge is 2.34. The lowest BCUT2D eigenvalue weighted by molar-refractivity contribution is -0.125. The maximum atomic E-state index is 12.3. The molecule has 0 bridgehead atoms. The number of amides is 1. The minimum absolute atomic E-state index is 0.0342. The van der Waals surface area contributed by atoms with Gasteiger partial charge in [0.25, 0.3) is 0 Å². The Bertz CT molecular complexity index is 648. The summed E-state index contributed by atoms with van der Waals surface area (Å²) in [6.07, 6.45) is 4.37. The van der Waals surface area contributed by atoms with E-state index in [9.17, 15) is 4.79 Å². The van der Waals surface area contributed by atoms with Crippen LogP contribution in [0.25, 0.3) is 10.6 Å². The number of nitrogens with zero attached hydrogens (tertiary/aromatic N) is 2. The molecule has 22 heavy (non-hydrogen) atoms. The molecule has 6 heteroatoms. The van der Waals surface area contributed by atoms with E-state index in [0.29, 0.717) is 6.04 Å². The van der Waals surface area contributed by atoms with E-state index >= 15 is 0 Å². The third-order valence-corrected chi connectivity index (χ3v) is 5.90. The normalized spacial score (nSPS) is 22.1. The lowest BCUT2D eigenvalue weighted by Crippen LogP contribution is -2.43. The maximum Gasteiger partial charge on any atom is 0.237 e. The first-order valence-electron chi connectivity index (χ1n) is 7.81. The van der Waals surface area contributed by atoms with Crippen molar-refractivity contribution in [2.24, 2.45) is 0 Å². The molecule has 1 aliphatic heterocycles. The number of aromatic nitrogens is 1. The Morgan fingerprint density at radius 3 is 3.05 bits per heavy atom. The summed E-state index contributed by atoms with van der Waals surface area (Å²) in [7, 11) is 0. The van der Waals surface area contributed by atoms with E-state index in [0.717, 1.165) is 49.5 Å². The van der Waals surface area contributed by atoms with Gasteiger partial charge in [0.1, 0.15) is 5.01 Å². The van der Waals surface area contributed by atoms with Crippen molar-refractivity contribution in [2.75, 3.05) is 6.54 Å². The quantitative estimate of drug-likeness (QED) is 0.914. The van der Waals surface area contributed by atoms with Gasteiger partial charge in [-0.2, -0.15) is 11.3 Å². The first kappa shape index (κ1) is 14.4. The molecule has 0 aromatic carbocycles. The molecule has 1 N–H and O–H groups in total. The maximum absolute atomic E-state index is 12.3. The highest BCUT2D eigenvalue weighted by molar-refractivity contribution is 7.14. The van der Waals surface area contributed by atoms with Gasteiger partial charge in [-0.3, -0.25) is 9.69 Å². The van der Waals surface area contributed by atoms with Crippen LogP contribution in [-0.2, 0) is 11.3 Å². The van der Waals surface area contributed by atoms with Crippen LogP contribution in [0.1, 0.15) is 31.4 Å². The molecular weight excluding hydrogens is 314 g/mol. The molecule has 2 aliphatic rings. The molecule has 1 saturated heterocycles. The summed E-state index contributed by atoms with van der Waals surface area (Å²) in [5, 5.41) is 10.6. The molecule has 1 saturated carbocycles. The molecule has 1 aliphatic carbocycles.